The molecule has 2 aromatic rings. The van der Waals surface area contributed by atoms with E-state index in [1.54, 1.807) is 0 Å². The van der Waals surface area contributed by atoms with Gasteiger partial charge in [0.15, 0.2) is 17.3 Å². The minimum absolute atomic E-state index is 0. The van der Waals surface area contributed by atoms with Crippen molar-refractivity contribution in [1.82, 2.24) is 10.5 Å². The Hall–Kier alpha value is -1.76. The highest BCUT2D eigenvalue weighted by Gasteiger charge is 2.14. The van der Waals surface area contributed by atoms with E-state index in [-0.39, 0.29) is 31.2 Å². The van der Waals surface area contributed by atoms with Crippen LogP contribution in [0.2, 0.25) is 0 Å². The lowest BCUT2D eigenvalue weighted by atomic mass is 10.1. The summed E-state index contributed by atoms with van der Waals surface area (Å²) in [6, 6.07) is 9.18. The first kappa shape index (κ1) is 21.3. The Morgan fingerprint density at radius 2 is 1.84 bits per heavy atom. The van der Waals surface area contributed by atoms with Crippen LogP contribution in [0.15, 0.2) is 34.9 Å². The number of aromatic nitrogens is 1. The van der Waals surface area contributed by atoms with Gasteiger partial charge in [0.2, 0.25) is 0 Å². The molecule has 0 saturated carbocycles. The molecule has 0 spiro atoms. The minimum atomic E-state index is -0.603. The normalized spacial score (nSPS) is 12.4. The third-order valence-corrected chi connectivity index (χ3v) is 3.20. The number of hydrogen-bond donors (Lipinski definition) is 2. The molecule has 140 valence electrons. The largest absolute Gasteiger partial charge is 0.487 e. The molecule has 0 aliphatic heterocycles. The van der Waals surface area contributed by atoms with Crippen molar-refractivity contribution in [2.24, 2.45) is 0 Å². The Morgan fingerprint density at radius 1 is 1.20 bits per heavy atom. The van der Waals surface area contributed by atoms with E-state index < -0.39 is 6.10 Å². The molecule has 6 nitrogen and oxygen atoms in total. The SMILES string of the molecule is Cc1cc(COc2ccccc2OCC(O)CNC(C)(C)C)on1.Cl. The van der Waals surface area contributed by atoms with Gasteiger partial charge >= 0.3 is 0 Å². The Balaban J connectivity index is 0.00000312. The molecule has 0 aliphatic carbocycles. The molecule has 2 rings (SSSR count). The van der Waals surface area contributed by atoms with Gasteiger partial charge in [0.25, 0.3) is 0 Å². The molecular weight excluding hydrogens is 344 g/mol. The van der Waals surface area contributed by atoms with Crippen molar-refractivity contribution in [3.8, 4) is 11.5 Å². The summed E-state index contributed by atoms with van der Waals surface area (Å²) in [5, 5.41) is 17.1. The number of hydrogen-bond acceptors (Lipinski definition) is 6. The maximum Gasteiger partial charge on any atom is 0.174 e. The minimum Gasteiger partial charge on any atom is -0.487 e. The second-order valence-corrected chi connectivity index (χ2v) is 6.77. The van der Waals surface area contributed by atoms with Crippen LogP contribution in [-0.4, -0.2) is 35.1 Å². The Morgan fingerprint density at radius 3 is 2.40 bits per heavy atom. The van der Waals surface area contributed by atoms with Crippen LogP contribution in [0.3, 0.4) is 0 Å². The number of aliphatic hydroxyl groups is 1. The summed E-state index contributed by atoms with van der Waals surface area (Å²) in [6.45, 7) is 8.93. The summed E-state index contributed by atoms with van der Waals surface area (Å²) >= 11 is 0. The first-order chi connectivity index (χ1) is 11.3. The zero-order valence-electron chi connectivity index (χ0n) is 15.1. The molecule has 0 radical (unpaired) electrons. The van der Waals surface area contributed by atoms with Crippen molar-refractivity contribution in [2.75, 3.05) is 13.2 Å². The molecule has 1 unspecified atom stereocenters. The molecule has 1 atom stereocenters. The van der Waals surface area contributed by atoms with Crippen LogP contribution in [0.1, 0.15) is 32.2 Å². The highest BCUT2D eigenvalue weighted by molar-refractivity contribution is 5.85. The number of nitrogens with one attached hydrogen (secondary N) is 1. The van der Waals surface area contributed by atoms with Crippen LogP contribution in [-0.2, 0) is 6.61 Å². The van der Waals surface area contributed by atoms with Gasteiger partial charge in [-0.05, 0) is 39.8 Å². The lowest BCUT2D eigenvalue weighted by molar-refractivity contribution is 0.0974. The van der Waals surface area contributed by atoms with Crippen LogP contribution in [0, 0.1) is 6.92 Å². The van der Waals surface area contributed by atoms with Crippen molar-refractivity contribution in [3.05, 3.63) is 41.8 Å². The van der Waals surface area contributed by atoms with Gasteiger partial charge in [0, 0.05) is 18.2 Å². The maximum atomic E-state index is 10.0. The van der Waals surface area contributed by atoms with Crippen molar-refractivity contribution >= 4 is 12.4 Å². The van der Waals surface area contributed by atoms with E-state index in [4.69, 9.17) is 14.0 Å². The summed E-state index contributed by atoms with van der Waals surface area (Å²) in [5.74, 6) is 1.84. The molecule has 1 aromatic heterocycles. The van der Waals surface area contributed by atoms with Gasteiger partial charge < -0.3 is 24.4 Å². The molecule has 0 aliphatic rings. The van der Waals surface area contributed by atoms with Crippen molar-refractivity contribution in [1.29, 1.82) is 0 Å². The van der Waals surface area contributed by atoms with E-state index in [1.807, 2.05) is 37.3 Å². The second-order valence-electron chi connectivity index (χ2n) is 6.77. The average molecular weight is 371 g/mol. The number of halogens is 1. The van der Waals surface area contributed by atoms with Gasteiger partial charge in [-0.25, -0.2) is 0 Å². The lowest BCUT2D eigenvalue weighted by Crippen LogP contribution is -2.42. The van der Waals surface area contributed by atoms with Gasteiger partial charge in [0.05, 0.1) is 5.69 Å². The number of benzene rings is 1. The Labute approximate surface area is 154 Å². The van der Waals surface area contributed by atoms with Crippen LogP contribution < -0.4 is 14.8 Å². The molecule has 1 heterocycles. The zero-order chi connectivity index (χ0) is 17.6. The molecule has 0 saturated heterocycles. The number of para-hydroxylation sites is 2. The molecular formula is C18H27ClN2O4. The fraction of sp³-hybridized carbons (Fsp3) is 0.500. The third-order valence-electron chi connectivity index (χ3n) is 3.20. The number of β-amino-alcohol motifs (C(OH)–C–C–N with tert-alkyl or cyclic N) is 1. The van der Waals surface area contributed by atoms with Crippen LogP contribution in [0.5, 0.6) is 11.5 Å². The first-order valence-corrected chi connectivity index (χ1v) is 8.03. The first-order valence-electron chi connectivity index (χ1n) is 8.03. The zero-order valence-corrected chi connectivity index (χ0v) is 15.9. The number of aliphatic hydroxyl groups excluding tert-OH is 1. The molecule has 0 fully saturated rings. The van der Waals surface area contributed by atoms with Crippen LogP contribution >= 0.6 is 12.4 Å². The molecule has 0 bridgehead atoms. The number of rotatable bonds is 8. The number of ether oxygens (including phenoxy) is 2. The second kappa shape index (κ2) is 9.65. The van der Waals surface area contributed by atoms with E-state index in [0.717, 1.165) is 5.69 Å². The maximum absolute atomic E-state index is 10.0. The van der Waals surface area contributed by atoms with Crippen molar-refractivity contribution < 1.29 is 19.1 Å². The summed E-state index contributed by atoms with van der Waals surface area (Å²) in [6.07, 6.45) is -0.603. The van der Waals surface area contributed by atoms with E-state index >= 15 is 0 Å². The summed E-state index contributed by atoms with van der Waals surface area (Å²) < 4.78 is 16.5. The Kier molecular flexibility index (Phi) is 8.22. The standard InChI is InChI=1S/C18H26N2O4.ClH/c1-13-9-15(24-20-13)12-23-17-8-6-5-7-16(17)22-11-14(21)10-19-18(2,3)4;/h5-9,14,19,21H,10-12H2,1-4H3;1H. The summed E-state index contributed by atoms with van der Waals surface area (Å²) in [5.41, 5.74) is 0.768. The van der Waals surface area contributed by atoms with Gasteiger partial charge in [0.1, 0.15) is 19.3 Å². The molecule has 2 N–H and O–H groups in total. The molecule has 25 heavy (non-hydrogen) atoms. The van der Waals surface area contributed by atoms with Crippen LogP contribution in [0.4, 0.5) is 0 Å². The molecule has 1 aromatic carbocycles. The van der Waals surface area contributed by atoms with Gasteiger partial charge in [-0.3, -0.25) is 0 Å². The van der Waals surface area contributed by atoms with Crippen molar-refractivity contribution in [3.63, 3.8) is 0 Å². The fourth-order valence-electron chi connectivity index (χ4n) is 1.99. The quantitative estimate of drug-likeness (QED) is 0.743. The van der Waals surface area contributed by atoms with E-state index in [0.29, 0.717) is 23.8 Å². The van der Waals surface area contributed by atoms with Gasteiger partial charge in [-0.15, -0.1) is 12.4 Å². The number of nitrogens with zero attached hydrogens (tertiary/aromatic N) is 1. The predicted octanol–water partition coefficient (Wildman–Crippen LogP) is 3.11. The monoisotopic (exact) mass is 370 g/mol. The highest BCUT2D eigenvalue weighted by Crippen LogP contribution is 2.27. The highest BCUT2D eigenvalue weighted by atomic mass is 35.5. The summed E-state index contributed by atoms with van der Waals surface area (Å²) in [7, 11) is 0. The van der Waals surface area contributed by atoms with E-state index in [9.17, 15) is 5.11 Å². The average Bonchev–Trinajstić information content (AvgIpc) is 2.94. The molecule has 0 amide bonds. The number of aryl methyl sites for hydroxylation is 1. The smallest absolute Gasteiger partial charge is 0.174 e. The fourth-order valence-corrected chi connectivity index (χ4v) is 1.99. The van der Waals surface area contributed by atoms with E-state index in [2.05, 4.69) is 31.2 Å². The molecule has 7 heteroatoms. The Bertz CT molecular complexity index is 640. The third kappa shape index (κ3) is 7.77. The predicted molar refractivity (Wildman–Crippen MR) is 98.5 cm³/mol. The lowest BCUT2D eigenvalue weighted by Gasteiger charge is -2.23. The van der Waals surface area contributed by atoms with Crippen LogP contribution in [0.25, 0.3) is 0 Å². The van der Waals surface area contributed by atoms with Gasteiger partial charge in [-0.1, -0.05) is 17.3 Å². The van der Waals surface area contributed by atoms with Crippen molar-refractivity contribution in [2.45, 2.75) is 45.9 Å². The van der Waals surface area contributed by atoms with E-state index in [1.165, 1.54) is 0 Å². The van der Waals surface area contributed by atoms with Gasteiger partial charge in [-0.2, -0.15) is 0 Å². The summed E-state index contributed by atoms with van der Waals surface area (Å²) in [4.78, 5) is 0. The topological polar surface area (TPSA) is 76.8 Å².